The number of nitrogens with one attached hydrogen (secondary N) is 2. The van der Waals surface area contributed by atoms with Gasteiger partial charge in [-0.05, 0) is 50.8 Å². The van der Waals surface area contributed by atoms with Crippen molar-refractivity contribution in [1.29, 1.82) is 0 Å². The van der Waals surface area contributed by atoms with Crippen LogP contribution in [0.1, 0.15) is 25.3 Å². The van der Waals surface area contributed by atoms with Crippen molar-refractivity contribution >= 4 is 6.09 Å². The summed E-state index contributed by atoms with van der Waals surface area (Å²) in [6, 6.07) is 10.8. The number of hydrogen-bond donors (Lipinski definition) is 4. The van der Waals surface area contributed by atoms with Gasteiger partial charge in [0.1, 0.15) is 0 Å². The molecule has 0 heterocycles. The lowest BCUT2D eigenvalue weighted by atomic mass is 9.93. The highest BCUT2D eigenvalue weighted by molar-refractivity contribution is 5.64. The third-order valence-corrected chi connectivity index (χ3v) is 3.51. The molecule has 0 radical (unpaired) electrons. The third kappa shape index (κ3) is 8.32. The van der Waals surface area contributed by atoms with Gasteiger partial charge >= 0.3 is 6.09 Å². The summed E-state index contributed by atoms with van der Waals surface area (Å²) in [5.74, 6) is 0.465. The van der Waals surface area contributed by atoms with Crippen molar-refractivity contribution in [2.24, 2.45) is 11.7 Å². The highest BCUT2D eigenvalue weighted by Crippen LogP contribution is 2.13. The van der Waals surface area contributed by atoms with E-state index in [0.29, 0.717) is 25.0 Å². The van der Waals surface area contributed by atoms with Crippen molar-refractivity contribution in [3.05, 3.63) is 35.9 Å². The highest BCUT2D eigenvalue weighted by Gasteiger charge is 2.12. The molecule has 1 unspecified atom stereocenters. The van der Waals surface area contributed by atoms with E-state index in [0.717, 1.165) is 25.8 Å². The van der Waals surface area contributed by atoms with Crippen LogP contribution < -0.4 is 16.4 Å². The zero-order chi connectivity index (χ0) is 15.5. The van der Waals surface area contributed by atoms with E-state index < -0.39 is 6.09 Å². The predicted octanol–water partition coefficient (Wildman–Crippen LogP) is 1.83. The van der Waals surface area contributed by atoms with E-state index in [4.69, 9.17) is 10.8 Å². The minimum absolute atomic E-state index is 0.382. The lowest BCUT2D eigenvalue weighted by molar-refractivity contribution is 0.194. The fourth-order valence-corrected chi connectivity index (χ4v) is 2.43. The van der Waals surface area contributed by atoms with Gasteiger partial charge in [0.2, 0.25) is 0 Å². The lowest BCUT2D eigenvalue weighted by Crippen LogP contribution is -2.33. The molecule has 0 aromatic heterocycles. The summed E-state index contributed by atoms with van der Waals surface area (Å²) in [4.78, 5) is 10.3. The zero-order valence-electron chi connectivity index (χ0n) is 12.7. The molecule has 1 rings (SSSR count). The van der Waals surface area contributed by atoms with Gasteiger partial charge in [0, 0.05) is 12.6 Å². The first-order chi connectivity index (χ1) is 10.1. The van der Waals surface area contributed by atoms with E-state index >= 15 is 0 Å². The largest absolute Gasteiger partial charge is 0.465 e. The van der Waals surface area contributed by atoms with Crippen molar-refractivity contribution in [2.45, 2.75) is 32.2 Å². The van der Waals surface area contributed by atoms with E-state index in [1.807, 2.05) is 6.07 Å². The van der Waals surface area contributed by atoms with Crippen LogP contribution in [0, 0.1) is 5.92 Å². The molecule has 21 heavy (non-hydrogen) atoms. The number of hydrogen-bond acceptors (Lipinski definition) is 3. The molecule has 0 aliphatic heterocycles. The maximum Gasteiger partial charge on any atom is 0.404 e. The van der Waals surface area contributed by atoms with Crippen LogP contribution in [0.4, 0.5) is 4.79 Å². The highest BCUT2D eigenvalue weighted by atomic mass is 16.4. The number of amides is 1. The van der Waals surface area contributed by atoms with Gasteiger partial charge in [0.15, 0.2) is 0 Å². The summed E-state index contributed by atoms with van der Waals surface area (Å²) in [5.41, 5.74) is 7.20. The summed E-state index contributed by atoms with van der Waals surface area (Å²) in [6.07, 6.45) is 1.86. The maximum absolute atomic E-state index is 10.3. The van der Waals surface area contributed by atoms with Gasteiger partial charge in [-0.2, -0.15) is 0 Å². The second-order valence-corrected chi connectivity index (χ2v) is 5.47. The Labute approximate surface area is 126 Å². The molecule has 5 nitrogen and oxygen atoms in total. The summed E-state index contributed by atoms with van der Waals surface area (Å²) in [5, 5.41) is 14.2. The van der Waals surface area contributed by atoms with E-state index in [1.54, 1.807) is 0 Å². The summed E-state index contributed by atoms with van der Waals surface area (Å²) >= 11 is 0. The Morgan fingerprint density at radius 2 is 2.00 bits per heavy atom. The predicted molar refractivity (Wildman–Crippen MR) is 85.4 cm³/mol. The van der Waals surface area contributed by atoms with E-state index in [2.05, 4.69) is 41.8 Å². The van der Waals surface area contributed by atoms with Crippen LogP contribution in [0.15, 0.2) is 30.3 Å². The Bertz CT molecular complexity index is 398. The molecule has 1 aromatic rings. The van der Waals surface area contributed by atoms with Gasteiger partial charge in [0.25, 0.3) is 0 Å². The quantitative estimate of drug-likeness (QED) is 0.496. The van der Waals surface area contributed by atoms with Crippen molar-refractivity contribution in [3.8, 4) is 0 Å². The van der Waals surface area contributed by atoms with Gasteiger partial charge in [-0.1, -0.05) is 30.3 Å². The van der Waals surface area contributed by atoms with Crippen molar-refractivity contribution in [1.82, 2.24) is 10.6 Å². The molecule has 0 aliphatic rings. The zero-order valence-corrected chi connectivity index (χ0v) is 12.7. The van der Waals surface area contributed by atoms with Crippen LogP contribution in [0.25, 0.3) is 0 Å². The average Bonchev–Trinajstić information content (AvgIpc) is 2.47. The minimum atomic E-state index is -0.964. The van der Waals surface area contributed by atoms with Crippen LogP contribution in [-0.4, -0.2) is 36.9 Å². The van der Waals surface area contributed by atoms with Crippen molar-refractivity contribution < 1.29 is 9.90 Å². The number of carboxylic acid groups (broad SMARTS) is 1. The molecule has 2 atom stereocenters. The SMILES string of the molecule is C[C@H](CC(CN)Cc1ccccc1)NCCCNC(=O)O. The van der Waals surface area contributed by atoms with E-state index in [-0.39, 0.29) is 0 Å². The summed E-state index contributed by atoms with van der Waals surface area (Å²) < 4.78 is 0. The molecule has 0 bridgehead atoms. The van der Waals surface area contributed by atoms with Crippen molar-refractivity contribution in [2.75, 3.05) is 19.6 Å². The second kappa shape index (κ2) is 10.2. The molecule has 0 fully saturated rings. The lowest BCUT2D eigenvalue weighted by Gasteiger charge is -2.21. The number of rotatable bonds is 10. The molecular formula is C16H27N3O2. The third-order valence-electron chi connectivity index (χ3n) is 3.51. The Morgan fingerprint density at radius 1 is 1.29 bits per heavy atom. The molecule has 1 amide bonds. The monoisotopic (exact) mass is 293 g/mol. The van der Waals surface area contributed by atoms with E-state index in [1.165, 1.54) is 5.56 Å². The van der Waals surface area contributed by atoms with Gasteiger partial charge in [-0.15, -0.1) is 0 Å². The van der Waals surface area contributed by atoms with E-state index in [9.17, 15) is 4.79 Å². The second-order valence-electron chi connectivity index (χ2n) is 5.47. The first-order valence-electron chi connectivity index (χ1n) is 7.56. The van der Waals surface area contributed by atoms with Gasteiger partial charge in [0.05, 0.1) is 0 Å². The average molecular weight is 293 g/mol. The van der Waals surface area contributed by atoms with Gasteiger partial charge in [-0.3, -0.25) is 0 Å². The Morgan fingerprint density at radius 3 is 2.62 bits per heavy atom. The molecule has 0 saturated heterocycles. The summed E-state index contributed by atoms with van der Waals surface area (Å²) in [6.45, 7) is 4.13. The molecule has 0 aliphatic carbocycles. The van der Waals surface area contributed by atoms with Crippen LogP contribution in [0.3, 0.4) is 0 Å². The molecule has 0 spiro atoms. The first kappa shape index (κ1) is 17.5. The van der Waals surface area contributed by atoms with Crippen LogP contribution in [0.2, 0.25) is 0 Å². The topological polar surface area (TPSA) is 87.4 Å². The van der Waals surface area contributed by atoms with Crippen LogP contribution in [0.5, 0.6) is 0 Å². The van der Waals surface area contributed by atoms with Crippen LogP contribution in [-0.2, 0) is 6.42 Å². The van der Waals surface area contributed by atoms with Crippen molar-refractivity contribution in [3.63, 3.8) is 0 Å². The number of nitrogens with two attached hydrogens (primary N) is 1. The number of carbonyl (C=O) groups is 1. The smallest absolute Gasteiger partial charge is 0.404 e. The maximum atomic E-state index is 10.3. The number of benzene rings is 1. The molecule has 5 heteroatoms. The fourth-order valence-electron chi connectivity index (χ4n) is 2.43. The standard InChI is InChI=1S/C16H27N3O2/c1-13(18-8-5-9-19-16(20)21)10-15(12-17)11-14-6-3-2-4-7-14/h2-4,6-7,13,15,18-19H,5,8-12,17H2,1H3,(H,20,21)/t13-,15?/m1/s1. The first-order valence-corrected chi connectivity index (χ1v) is 7.56. The Kier molecular flexibility index (Phi) is 8.47. The molecule has 118 valence electrons. The molecule has 1 aromatic carbocycles. The normalized spacial score (nSPS) is 13.6. The Hall–Kier alpha value is -1.59. The molecule has 5 N–H and O–H groups in total. The fraction of sp³-hybridized carbons (Fsp3) is 0.562. The molecule has 0 saturated carbocycles. The van der Waals surface area contributed by atoms with Gasteiger partial charge in [-0.25, -0.2) is 4.79 Å². The van der Waals surface area contributed by atoms with Gasteiger partial charge < -0.3 is 21.5 Å². The minimum Gasteiger partial charge on any atom is -0.465 e. The summed E-state index contributed by atoms with van der Waals surface area (Å²) in [7, 11) is 0. The van der Waals surface area contributed by atoms with Crippen LogP contribution >= 0.6 is 0 Å². The molecular weight excluding hydrogens is 266 g/mol. The Balaban J connectivity index is 2.21.